The molecule has 2 N–H and O–H groups in total. The highest BCUT2D eigenvalue weighted by atomic mass is 16.4. The third-order valence-corrected chi connectivity index (χ3v) is 5.28. The number of hydrogen-bond acceptors (Lipinski definition) is 4. The third-order valence-electron chi connectivity index (χ3n) is 5.28. The second-order valence-corrected chi connectivity index (χ2v) is 7.73. The number of rotatable bonds is 9. The maximum absolute atomic E-state index is 11.9. The van der Waals surface area contributed by atoms with E-state index in [1.54, 1.807) is 6.92 Å². The highest BCUT2D eigenvalue weighted by Crippen LogP contribution is 2.23. The molecule has 0 aliphatic heterocycles. The summed E-state index contributed by atoms with van der Waals surface area (Å²) in [7, 11) is 0. The smallest absolute Gasteiger partial charge is 0.342 e. The van der Waals surface area contributed by atoms with Gasteiger partial charge in [0.2, 0.25) is 0 Å². The van der Waals surface area contributed by atoms with Gasteiger partial charge in [-0.05, 0) is 53.0 Å². The quantitative estimate of drug-likeness (QED) is 0.420. The maximum Gasteiger partial charge on any atom is 0.342 e. The van der Waals surface area contributed by atoms with Crippen LogP contribution in [0.5, 0.6) is 5.75 Å². The molecule has 0 aliphatic rings. The predicted molar refractivity (Wildman–Crippen MR) is 120 cm³/mol. The van der Waals surface area contributed by atoms with E-state index in [1.165, 1.54) is 0 Å². The summed E-state index contributed by atoms with van der Waals surface area (Å²) >= 11 is 0. The van der Waals surface area contributed by atoms with Crippen LogP contribution in [0.3, 0.4) is 0 Å². The highest BCUT2D eigenvalue weighted by Gasteiger charge is 2.14. The molecule has 4 nitrogen and oxygen atoms in total. The monoisotopic (exact) mass is 400 g/mol. The van der Waals surface area contributed by atoms with Crippen LogP contribution in [0.15, 0.2) is 56.3 Å². The predicted octanol–water partition coefficient (Wildman–Crippen LogP) is 5.56. The van der Waals surface area contributed by atoms with Crippen LogP contribution in [0.4, 0.5) is 0 Å². The zero-order valence-corrected chi connectivity index (χ0v) is 18.9. The highest BCUT2D eigenvalue weighted by molar-refractivity contribution is 5.39. The van der Waals surface area contributed by atoms with Crippen LogP contribution in [0.1, 0.15) is 64.9 Å². The van der Waals surface area contributed by atoms with Crippen molar-refractivity contribution in [3.8, 4) is 5.75 Å². The minimum atomic E-state index is -0.460. The van der Waals surface area contributed by atoms with Gasteiger partial charge in [-0.1, -0.05) is 55.4 Å². The maximum atomic E-state index is 11.9. The van der Waals surface area contributed by atoms with Crippen LogP contribution in [0, 0.1) is 12.8 Å². The Bertz CT molecular complexity index is 866. The summed E-state index contributed by atoms with van der Waals surface area (Å²) in [6, 6.07) is 0. The summed E-state index contributed by atoms with van der Waals surface area (Å²) in [4.78, 5) is 11.9. The van der Waals surface area contributed by atoms with Gasteiger partial charge in [-0.15, -0.1) is 0 Å². The van der Waals surface area contributed by atoms with Crippen LogP contribution in [-0.2, 0) is 12.8 Å². The molecule has 29 heavy (non-hydrogen) atoms. The van der Waals surface area contributed by atoms with E-state index in [2.05, 4.69) is 18.2 Å². The first-order chi connectivity index (χ1) is 13.6. The van der Waals surface area contributed by atoms with E-state index < -0.39 is 11.7 Å². The molecular formula is C25H36O4. The molecule has 1 heterocycles. The van der Waals surface area contributed by atoms with Gasteiger partial charge in [-0.25, -0.2) is 4.79 Å². The normalized spacial score (nSPS) is 15.8. The van der Waals surface area contributed by atoms with Crippen molar-refractivity contribution in [2.45, 2.75) is 73.8 Å². The molecule has 1 aromatic rings. The molecule has 4 heteroatoms. The molecule has 0 radical (unpaired) electrons. The fraction of sp³-hybridized carbons (Fsp3) is 0.480. The van der Waals surface area contributed by atoms with Crippen molar-refractivity contribution in [2.24, 2.45) is 5.92 Å². The van der Waals surface area contributed by atoms with Crippen molar-refractivity contribution in [3.05, 3.63) is 74.4 Å². The van der Waals surface area contributed by atoms with Crippen LogP contribution < -0.4 is 5.63 Å². The molecule has 1 rings (SSSR count). The molecule has 0 bridgehead atoms. The van der Waals surface area contributed by atoms with E-state index in [1.807, 2.05) is 53.7 Å². The Morgan fingerprint density at radius 3 is 2.48 bits per heavy atom. The molecule has 1 aromatic heterocycles. The zero-order chi connectivity index (χ0) is 22.1. The lowest BCUT2D eigenvalue weighted by atomic mass is 9.96. The van der Waals surface area contributed by atoms with Crippen LogP contribution in [-0.4, -0.2) is 16.3 Å². The number of aliphatic hydroxyl groups is 1. The molecule has 160 valence electrons. The molecular weight excluding hydrogens is 364 g/mol. The lowest BCUT2D eigenvalue weighted by Gasteiger charge is -2.16. The number of aromatic hydroxyl groups is 1. The van der Waals surface area contributed by atoms with E-state index in [-0.39, 0.29) is 11.7 Å². The van der Waals surface area contributed by atoms with Crippen molar-refractivity contribution < 1.29 is 14.6 Å². The van der Waals surface area contributed by atoms with Crippen LogP contribution in [0.25, 0.3) is 0 Å². The summed E-state index contributed by atoms with van der Waals surface area (Å²) in [5.74, 6) is 0.610. The minimum absolute atomic E-state index is 0.0509. The van der Waals surface area contributed by atoms with Crippen molar-refractivity contribution in [1.29, 1.82) is 0 Å². The average molecular weight is 401 g/mol. The first-order valence-electron chi connectivity index (χ1n) is 10.3. The van der Waals surface area contributed by atoms with E-state index in [9.17, 15) is 15.0 Å². The molecule has 0 aliphatic carbocycles. The van der Waals surface area contributed by atoms with E-state index in [4.69, 9.17) is 4.42 Å². The Hall–Kier alpha value is -2.33. The summed E-state index contributed by atoms with van der Waals surface area (Å²) in [6.45, 7) is 13.5. The van der Waals surface area contributed by atoms with Gasteiger partial charge in [0.15, 0.2) is 0 Å². The van der Waals surface area contributed by atoms with Gasteiger partial charge >= 0.3 is 5.63 Å². The first kappa shape index (κ1) is 24.7. The Morgan fingerprint density at radius 1 is 1.24 bits per heavy atom. The first-order valence-corrected chi connectivity index (χ1v) is 10.3. The van der Waals surface area contributed by atoms with Crippen molar-refractivity contribution in [3.63, 3.8) is 0 Å². The van der Waals surface area contributed by atoms with Crippen LogP contribution >= 0.6 is 0 Å². The Kier molecular flexibility index (Phi) is 9.90. The largest absolute Gasteiger partial charge is 0.507 e. The van der Waals surface area contributed by atoms with Gasteiger partial charge in [-0.3, -0.25) is 0 Å². The number of aliphatic hydroxyl groups excluding tert-OH is 1. The van der Waals surface area contributed by atoms with Crippen molar-refractivity contribution >= 4 is 0 Å². The zero-order valence-electron chi connectivity index (χ0n) is 18.9. The SMILES string of the molecule is CC=C(C)C(O)C(C)C=C(C)C=CCC(C)=CCc1oc(=O)c(CC)c(O)c1C. The fourth-order valence-electron chi connectivity index (χ4n) is 3.14. The lowest BCUT2D eigenvalue weighted by Crippen LogP contribution is -2.17. The lowest BCUT2D eigenvalue weighted by molar-refractivity contribution is 0.173. The summed E-state index contributed by atoms with van der Waals surface area (Å²) < 4.78 is 5.38. The molecule has 0 saturated carbocycles. The van der Waals surface area contributed by atoms with Crippen molar-refractivity contribution in [1.82, 2.24) is 0 Å². The van der Waals surface area contributed by atoms with Crippen LogP contribution in [0.2, 0.25) is 0 Å². The third kappa shape index (κ3) is 7.21. The Balaban J connectivity index is 2.75. The average Bonchev–Trinajstić information content (AvgIpc) is 2.68. The van der Waals surface area contributed by atoms with Gasteiger partial charge in [0, 0.05) is 17.9 Å². The Morgan fingerprint density at radius 2 is 1.90 bits per heavy atom. The molecule has 0 aromatic carbocycles. The van der Waals surface area contributed by atoms with E-state index >= 15 is 0 Å². The summed E-state index contributed by atoms with van der Waals surface area (Å²) in [5, 5.41) is 20.4. The summed E-state index contributed by atoms with van der Waals surface area (Å²) in [6.07, 6.45) is 11.4. The Labute approximate surface area is 175 Å². The van der Waals surface area contributed by atoms with Gasteiger partial charge in [0.05, 0.1) is 11.7 Å². The standard InChI is InChI=1S/C25H36O4/c1-8-18(5)23(26)19(6)15-17(4)12-10-11-16(3)13-14-22-20(7)24(27)21(9-2)25(28)29-22/h8,10,12-13,15,19,23,26-27H,9,11,14H2,1-7H3. The number of hydrogen-bond donors (Lipinski definition) is 2. The van der Waals surface area contributed by atoms with Gasteiger partial charge < -0.3 is 14.6 Å². The summed E-state index contributed by atoms with van der Waals surface area (Å²) in [5.41, 5.74) is 3.74. The topological polar surface area (TPSA) is 70.7 Å². The van der Waals surface area contributed by atoms with Gasteiger partial charge in [-0.2, -0.15) is 0 Å². The second kappa shape index (κ2) is 11.6. The molecule has 2 unspecified atom stereocenters. The van der Waals surface area contributed by atoms with E-state index in [0.717, 1.165) is 23.1 Å². The molecule has 2 atom stereocenters. The molecule has 0 spiro atoms. The van der Waals surface area contributed by atoms with E-state index in [0.29, 0.717) is 29.7 Å². The molecule has 0 fully saturated rings. The molecule has 0 amide bonds. The fourth-order valence-corrected chi connectivity index (χ4v) is 3.14. The minimum Gasteiger partial charge on any atom is -0.507 e. The van der Waals surface area contributed by atoms with Crippen molar-refractivity contribution in [2.75, 3.05) is 0 Å². The van der Waals surface area contributed by atoms with Gasteiger partial charge in [0.25, 0.3) is 0 Å². The van der Waals surface area contributed by atoms with Gasteiger partial charge in [0.1, 0.15) is 11.5 Å². The number of allylic oxidation sites excluding steroid dienone is 6. The second-order valence-electron chi connectivity index (χ2n) is 7.73. The molecule has 0 saturated heterocycles.